The molecule has 3 rings (SSSR count). The van der Waals surface area contributed by atoms with Gasteiger partial charge in [0.15, 0.2) is 0 Å². The highest BCUT2D eigenvalue weighted by atomic mass is 16.5. The van der Waals surface area contributed by atoms with Crippen molar-refractivity contribution >= 4 is 0 Å². The van der Waals surface area contributed by atoms with Crippen molar-refractivity contribution in [3.8, 4) is 5.75 Å². The van der Waals surface area contributed by atoms with Crippen LogP contribution in [0, 0.1) is 17.8 Å². The van der Waals surface area contributed by atoms with Gasteiger partial charge in [0.2, 0.25) is 0 Å². The van der Waals surface area contributed by atoms with Gasteiger partial charge in [-0.15, -0.1) is 0 Å². The van der Waals surface area contributed by atoms with E-state index in [1.54, 1.807) is 0 Å². The smallest absolute Gasteiger partial charge is 0.119 e. The highest BCUT2D eigenvalue weighted by Gasteiger charge is 2.22. The maximum atomic E-state index is 5.98. The fraction of sp³-hybridized carbons (Fsp3) is 0.724. The third-order valence-corrected chi connectivity index (χ3v) is 7.76. The summed E-state index contributed by atoms with van der Waals surface area (Å²) in [6.07, 6.45) is 24.3. The van der Waals surface area contributed by atoms with Crippen molar-refractivity contribution in [1.29, 1.82) is 0 Å². The van der Waals surface area contributed by atoms with Crippen LogP contribution in [0.25, 0.3) is 0 Å². The van der Waals surface area contributed by atoms with E-state index in [-0.39, 0.29) is 0 Å². The summed E-state index contributed by atoms with van der Waals surface area (Å²) in [5.41, 5.74) is 1.52. The topological polar surface area (TPSA) is 9.23 Å². The third kappa shape index (κ3) is 7.78. The molecule has 0 unspecified atom stereocenters. The zero-order valence-electron chi connectivity index (χ0n) is 19.8. The molecule has 1 heteroatoms. The van der Waals surface area contributed by atoms with Crippen molar-refractivity contribution in [3.63, 3.8) is 0 Å². The summed E-state index contributed by atoms with van der Waals surface area (Å²) >= 11 is 0. The second kappa shape index (κ2) is 13.2. The van der Waals surface area contributed by atoms with Crippen LogP contribution >= 0.6 is 0 Å². The molecule has 30 heavy (non-hydrogen) atoms. The summed E-state index contributed by atoms with van der Waals surface area (Å²) in [5, 5.41) is 0. The fourth-order valence-corrected chi connectivity index (χ4v) is 5.77. The van der Waals surface area contributed by atoms with Gasteiger partial charge in [-0.1, -0.05) is 76.7 Å². The lowest BCUT2D eigenvalue weighted by Gasteiger charge is -2.29. The standard InChI is InChI=1S/C29H46O/c1-3-5-6-9-25-15-17-27(18-16-25)28-19-21-29(22-20-28)30-23-7-10-26-13-11-24(8-4-2)12-14-26/h7,10,19-22,24-27H,3-6,8-9,11-18,23H2,1-2H3/b10-7+/t24-,25-,26-,27-. The normalized spacial score (nSPS) is 27.4. The van der Waals surface area contributed by atoms with Crippen LogP contribution in [-0.2, 0) is 0 Å². The summed E-state index contributed by atoms with van der Waals surface area (Å²) in [7, 11) is 0. The quantitative estimate of drug-likeness (QED) is 0.261. The van der Waals surface area contributed by atoms with Crippen molar-refractivity contribution in [1.82, 2.24) is 0 Å². The van der Waals surface area contributed by atoms with Crippen molar-refractivity contribution < 1.29 is 4.74 Å². The Balaban J connectivity index is 1.33. The molecule has 0 bridgehead atoms. The Bertz CT molecular complexity index is 585. The van der Waals surface area contributed by atoms with Crippen LogP contribution in [-0.4, -0.2) is 6.61 Å². The van der Waals surface area contributed by atoms with Gasteiger partial charge in [-0.05, 0) is 92.7 Å². The minimum absolute atomic E-state index is 0.705. The molecule has 2 saturated carbocycles. The van der Waals surface area contributed by atoms with E-state index >= 15 is 0 Å². The van der Waals surface area contributed by atoms with Gasteiger partial charge < -0.3 is 4.74 Å². The molecule has 0 N–H and O–H groups in total. The number of allylic oxidation sites excluding steroid dienone is 1. The molecule has 1 aromatic carbocycles. The average molecular weight is 411 g/mol. The second-order valence-corrected chi connectivity index (χ2v) is 10.1. The maximum Gasteiger partial charge on any atom is 0.119 e. The lowest BCUT2D eigenvalue weighted by Crippen LogP contribution is -2.13. The van der Waals surface area contributed by atoms with Gasteiger partial charge in [0.1, 0.15) is 12.4 Å². The van der Waals surface area contributed by atoms with Crippen LogP contribution < -0.4 is 4.74 Å². The molecular weight excluding hydrogens is 364 g/mol. The molecule has 0 spiro atoms. The third-order valence-electron chi connectivity index (χ3n) is 7.76. The molecule has 2 fully saturated rings. The number of ether oxygens (including phenoxy) is 1. The van der Waals surface area contributed by atoms with Gasteiger partial charge in [0.25, 0.3) is 0 Å². The Morgan fingerprint density at radius 3 is 2.10 bits per heavy atom. The van der Waals surface area contributed by atoms with E-state index in [0.717, 1.165) is 29.4 Å². The number of benzene rings is 1. The van der Waals surface area contributed by atoms with Crippen molar-refractivity contribution in [3.05, 3.63) is 42.0 Å². The Kier molecular flexibility index (Phi) is 10.3. The molecule has 0 atom stereocenters. The largest absolute Gasteiger partial charge is 0.490 e. The molecule has 0 aliphatic heterocycles. The van der Waals surface area contributed by atoms with Crippen molar-refractivity contribution in [2.45, 2.75) is 110 Å². The van der Waals surface area contributed by atoms with Crippen LogP contribution in [0.3, 0.4) is 0 Å². The van der Waals surface area contributed by atoms with Crippen LogP contribution in [0.4, 0.5) is 0 Å². The average Bonchev–Trinajstić information content (AvgIpc) is 2.79. The molecule has 0 aromatic heterocycles. The molecule has 0 heterocycles. The van der Waals surface area contributed by atoms with E-state index in [1.807, 2.05) is 0 Å². The minimum atomic E-state index is 0.705. The first-order valence-electron chi connectivity index (χ1n) is 13.2. The van der Waals surface area contributed by atoms with Gasteiger partial charge in [0.05, 0.1) is 0 Å². The van der Waals surface area contributed by atoms with Crippen LogP contribution in [0.15, 0.2) is 36.4 Å². The van der Waals surface area contributed by atoms with Crippen molar-refractivity contribution in [2.24, 2.45) is 17.8 Å². The van der Waals surface area contributed by atoms with Gasteiger partial charge in [-0.2, -0.15) is 0 Å². The van der Waals surface area contributed by atoms with E-state index in [9.17, 15) is 0 Å². The first-order chi connectivity index (χ1) is 14.8. The lowest BCUT2D eigenvalue weighted by atomic mass is 9.77. The molecule has 168 valence electrons. The van der Waals surface area contributed by atoms with Crippen LogP contribution in [0.5, 0.6) is 5.75 Å². The number of unbranched alkanes of at least 4 members (excludes halogenated alkanes) is 2. The molecule has 0 radical (unpaired) electrons. The predicted molar refractivity (Wildman–Crippen MR) is 130 cm³/mol. The monoisotopic (exact) mass is 410 g/mol. The van der Waals surface area contributed by atoms with E-state index in [4.69, 9.17) is 4.74 Å². The molecule has 2 aliphatic rings. The molecule has 1 nitrogen and oxygen atoms in total. The first-order valence-corrected chi connectivity index (χ1v) is 13.2. The summed E-state index contributed by atoms with van der Waals surface area (Å²) < 4.78 is 5.98. The SMILES string of the molecule is CCCCC[C@H]1CC[C@H](c2ccc(OC/C=C/[C@H]3CC[C@H](CCC)CC3)cc2)CC1. The van der Waals surface area contributed by atoms with Gasteiger partial charge in [0, 0.05) is 0 Å². The molecular formula is C29H46O. The predicted octanol–water partition coefficient (Wildman–Crippen LogP) is 9.08. The van der Waals surface area contributed by atoms with E-state index in [0.29, 0.717) is 6.61 Å². The zero-order chi connectivity index (χ0) is 21.0. The van der Waals surface area contributed by atoms with E-state index in [2.05, 4.69) is 50.3 Å². The minimum Gasteiger partial charge on any atom is -0.490 e. The van der Waals surface area contributed by atoms with Crippen LogP contribution in [0.1, 0.15) is 115 Å². The van der Waals surface area contributed by atoms with Crippen LogP contribution in [0.2, 0.25) is 0 Å². The van der Waals surface area contributed by atoms with E-state index < -0.39 is 0 Å². The highest BCUT2D eigenvalue weighted by Crippen LogP contribution is 2.38. The Morgan fingerprint density at radius 1 is 0.767 bits per heavy atom. The molecule has 1 aromatic rings. The summed E-state index contributed by atoms with van der Waals surface area (Å²) in [6.45, 7) is 5.33. The number of rotatable bonds is 11. The fourth-order valence-electron chi connectivity index (χ4n) is 5.77. The first kappa shape index (κ1) is 23.4. The summed E-state index contributed by atoms with van der Waals surface area (Å²) in [4.78, 5) is 0. The molecule has 2 aliphatic carbocycles. The Labute approximate surface area is 186 Å². The Morgan fingerprint density at radius 2 is 1.43 bits per heavy atom. The lowest BCUT2D eigenvalue weighted by molar-refractivity contribution is 0.292. The van der Waals surface area contributed by atoms with Gasteiger partial charge in [-0.3, -0.25) is 0 Å². The van der Waals surface area contributed by atoms with E-state index in [1.165, 1.54) is 95.5 Å². The highest BCUT2D eigenvalue weighted by molar-refractivity contribution is 5.29. The van der Waals surface area contributed by atoms with Gasteiger partial charge >= 0.3 is 0 Å². The summed E-state index contributed by atoms with van der Waals surface area (Å²) in [6, 6.07) is 9.01. The number of hydrogen-bond acceptors (Lipinski definition) is 1. The van der Waals surface area contributed by atoms with Gasteiger partial charge in [-0.25, -0.2) is 0 Å². The molecule has 0 amide bonds. The maximum absolute atomic E-state index is 5.98. The molecule has 0 saturated heterocycles. The summed E-state index contributed by atoms with van der Waals surface area (Å²) in [5.74, 6) is 4.54. The Hall–Kier alpha value is -1.24. The second-order valence-electron chi connectivity index (χ2n) is 10.1. The zero-order valence-corrected chi connectivity index (χ0v) is 19.8. The van der Waals surface area contributed by atoms with Crippen molar-refractivity contribution in [2.75, 3.05) is 6.61 Å². The number of hydrogen-bond donors (Lipinski definition) is 0.